The van der Waals surface area contributed by atoms with Crippen LogP contribution in [0.4, 0.5) is 10.2 Å². The molecule has 126 valence electrons. The molecule has 1 fully saturated rings. The van der Waals surface area contributed by atoms with E-state index in [1.165, 1.54) is 6.07 Å². The second-order valence-electron chi connectivity index (χ2n) is 5.77. The Bertz CT molecular complexity index is 730. The fraction of sp³-hybridized carbons (Fsp3) is 0.333. The molecule has 2 aromatic rings. The van der Waals surface area contributed by atoms with Crippen molar-refractivity contribution in [2.45, 2.75) is 19.8 Å². The lowest BCUT2D eigenvalue weighted by Gasteiger charge is -2.21. The van der Waals surface area contributed by atoms with Crippen LogP contribution in [0.1, 0.15) is 18.4 Å². The third-order valence-corrected chi connectivity index (χ3v) is 3.95. The van der Waals surface area contributed by atoms with Crippen LogP contribution in [0.2, 0.25) is 0 Å². The number of amides is 1. The SMILES string of the molecule is Cc1ccc(Oc2ccnc(NC(=O)C3CCOCC3)c2)cc1F. The maximum Gasteiger partial charge on any atom is 0.228 e. The summed E-state index contributed by atoms with van der Waals surface area (Å²) in [6.07, 6.45) is 2.97. The minimum absolute atomic E-state index is 0.0590. The maximum atomic E-state index is 13.6. The number of nitrogens with one attached hydrogen (secondary N) is 1. The molecule has 3 rings (SSSR count). The van der Waals surface area contributed by atoms with Gasteiger partial charge in [0.25, 0.3) is 0 Å². The average Bonchev–Trinajstić information content (AvgIpc) is 2.59. The van der Waals surface area contributed by atoms with Gasteiger partial charge in [0.15, 0.2) is 0 Å². The first-order valence-corrected chi connectivity index (χ1v) is 7.90. The largest absolute Gasteiger partial charge is 0.457 e. The first-order chi connectivity index (χ1) is 11.6. The van der Waals surface area contributed by atoms with Gasteiger partial charge in [0.1, 0.15) is 23.1 Å². The number of pyridine rings is 1. The van der Waals surface area contributed by atoms with Gasteiger partial charge in [-0.3, -0.25) is 4.79 Å². The number of carbonyl (C=O) groups is 1. The zero-order valence-corrected chi connectivity index (χ0v) is 13.4. The van der Waals surface area contributed by atoms with Crippen LogP contribution in [0.3, 0.4) is 0 Å². The van der Waals surface area contributed by atoms with Crippen molar-refractivity contribution in [3.8, 4) is 11.5 Å². The monoisotopic (exact) mass is 330 g/mol. The fourth-order valence-corrected chi connectivity index (χ4v) is 2.50. The van der Waals surface area contributed by atoms with Crippen molar-refractivity contribution in [2.24, 2.45) is 5.92 Å². The van der Waals surface area contributed by atoms with Gasteiger partial charge in [-0.05, 0) is 37.5 Å². The highest BCUT2D eigenvalue weighted by Gasteiger charge is 2.21. The van der Waals surface area contributed by atoms with E-state index in [4.69, 9.17) is 9.47 Å². The molecule has 0 spiro atoms. The van der Waals surface area contributed by atoms with Crippen molar-refractivity contribution in [1.29, 1.82) is 0 Å². The molecule has 6 heteroatoms. The highest BCUT2D eigenvalue weighted by molar-refractivity contribution is 5.91. The van der Waals surface area contributed by atoms with E-state index in [0.717, 1.165) is 0 Å². The van der Waals surface area contributed by atoms with E-state index < -0.39 is 0 Å². The predicted octanol–water partition coefficient (Wildman–Crippen LogP) is 3.69. The van der Waals surface area contributed by atoms with Crippen molar-refractivity contribution in [1.82, 2.24) is 4.98 Å². The zero-order valence-electron chi connectivity index (χ0n) is 13.4. The van der Waals surface area contributed by atoms with E-state index in [9.17, 15) is 9.18 Å². The molecule has 5 nitrogen and oxygen atoms in total. The molecule has 1 aliphatic heterocycles. The highest BCUT2D eigenvalue weighted by Crippen LogP contribution is 2.25. The van der Waals surface area contributed by atoms with Gasteiger partial charge in [-0.15, -0.1) is 0 Å². The van der Waals surface area contributed by atoms with Gasteiger partial charge in [-0.2, -0.15) is 0 Å². The summed E-state index contributed by atoms with van der Waals surface area (Å²) in [6, 6.07) is 7.95. The third kappa shape index (κ3) is 4.08. The molecule has 0 radical (unpaired) electrons. The Morgan fingerprint density at radius 3 is 2.75 bits per heavy atom. The molecule has 1 saturated heterocycles. The van der Waals surface area contributed by atoms with Crippen LogP contribution < -0.4 is 10.1 Å². The molecule has 2 heterocycles. The summed E-state index contributed by atoms with van der Waals surface area (Å²) in [6.45, 7) is 2.90. The number of carbonyl (C=O) groups excluding carboxylic acids is 1. The number of hydrogen-bond acceptors (Lipinski definition) is 4. The molecular formula is C18H19FN2O3. The molecule has 0 saturated carbocycles. The van der Waals surface area contributed by atoms with Crippen LogP contribution >= 0.6 is 0 Å². The second kappa shape index (κ2) is 7.40. The van der Waals surface area contributed by atoms with Gasteiger partial charge in [0, 0.05) is 37.5 Å². The maximum absolute atomic E-state index is 13.6. The first kappa shape index (κ1) is 16.4. The van der Waals surface area contributed by atoms with Gasteiger partial charge in [-0.1, -0.05) is 6.07 Å². The number of nitrogens with zero attached hydrogens (tertiary/aromatic N) is 1. The van der Waals surface area contributed by atoms with E-state index in [-0.39, 0.29) is 17.6 Å². The fourth-order valence-electron chi connectivity index (χ4n) is 2.50. The number of rotatable bonds is 4. The van der Waals surface area contributed by atoms with Crippen LogP contribution in [-0.2, 0) is 9.53 Å². The summed E-state index contributed by atoms with van der Waals surface area (Å²) in [5.41, 5.74) is 0.557. The standard InChI is InChI=1S/C18H19FN2O3/c1-12-2-3-14(10-16(12)19)24-15-4-7-20-17(11-15)21-18(22)13-5-8-23-9-6-13/h2-4,7,10-11,13H,5-6,8-9H2,1H3,(H,20,21,22). The minimum Gasteiger partial charge on any atom is -0.457 e. The third-order valence-electron chi connectivity index (χ3n) is 3.95. The first-order valence-electron chi connectivity index (χ1n) is 7.90. The Morgan fingerprint density at radius 1 is 1.25 bits per heavy atom. The molecule has 1 aromatic heterocycles. The number of halogens is 1. The summed E-state index contributed by atoms with van der Waals surface area (Å²) in [5.74, 6) is 0.841. The predicted molar refractivity (Wildman–Crippen MR) is 87.6 cm³/mol. The number of benzene rings is 1. The molecule has 1 N–H and O–H groups in total. The molecule has 0 atom stereocenters. The number of aryl methyl sites for hydroxylation is 1. The van der Waals surface area contributed by atoms with Crippen LogP contribution in [0.15, 0.2) is 36.5 Å². The van der Waals surface area contributed by atoms with Crippen LogP contribution in [-0.4, -0.2) is 24.1 Å². The molecule has 0 bridgehead atoms. The number of ether oxygens (including phenoxy) is 2. The number of aromatic nitrogens is 1. The lowest BCUT2D eigenvalue weighted by molar-refractivity contribution is -0.122. The van der Waals surface area contributed by atoms with Gasteiger partial charge >= 0.3 is 0 Å². The smallest absolute Gasteiger partial charge is 0.228 e. The summed E-state index contributed by atoms with van der Waals surface area (Å²) < 4.78 is 24.5. The number of anilines is 1. The molecule has 0 unspecified atom stereocenters. The summed E-state index contributed by atoms with van der Waals surface area (Å²) in [7, 11) is 0. The van der Waals surface area contributed by atoms with Gasteiger partial charge in [0.05, 0.1) is 0 Å². The van der Waals surface area contributed by atoms with Crippen molar-refractivity contribution in [2.75, 3.05) is 18.5 Å². The zero-order chi connectivity index (χ0) is 16.9. The average molecular weight is 330 g/mol. The normalized spacial score (nSPS) is 15.1. The van der Waals surface area contributed by atoms with E-state index in [1.54, 1.807) is 37.4 Å². The van der Waals surface area contributed by atoms with Crippen molar-refractivity contribution in [3.05, 3.63) is 47.9 Å². The van der Waals surface area contributed by atoms with Crippen molar-refractivity contribution >= 4 is 11.7 Å². The summed E-state index contributed by atoms with van der Waals surface area (Å²) in [5, 5.41) is 2.80. The van der Waals surface area contributed by atoms with E-state index >= 15 is 0 Å². The van der Waals surface area contributed by atoms with Gasteiger partial charge in [0.2, 0.25) is 5.91 Å². The Kier molecular flexibility index (Phi) is 5.05. The topological polar surface area (TPSA) is 60.5 Å². The van der Waals surface area contributed by atoms with E-state index in [0.29, 0.717) is 48.9 Å². The molecular weight excluding hydrogens is 311 g/mol. The second-order valence-corrected chi connectivity index (χ2v) is 5.77. The molecule has 24 heavy (non-hydrogen) atoms. The summed E-state index contributed by atoms with van der Waals surface area (Å²) in [4.78, 5) is 16.4. The van der Waals surface area contributed by atoms with Crippen LogP contribution in [0, 0.1) is 18.7 Å². The molecule has 1 aliphatic rings. The van der Waals surface area contributed by atoms with Crippen LogP contribution in [0.5, 0.6) is 11.5 Å². The molecule has 1 amide bonds. The Hall–Kier alpha value is -2.47. The Morgan fingerprint density at radius 2 is 2.00 bits per heavy atom. The van der Waals surface area contributed by atoms with Crippen molar-refractivity contribution in [3.63, 3.8) is 0 Å². The Labute approximate surface area is 139 Å². The lowest BCUT2D eigenvalue weighted by Crippen LogP contribution is -2.28. The number of hydrogen-bond donors (Lipinski definition) is 1. The Balaban J connectivity index is 1.67. The summed E-state index contributed by atoms with van der Waals surface area (Å²) >= 11 is 0. The van der Waals surface area contributed by atoms with E-state index in [2.05, 4.69) is 10.3 Å². The van der Waals surface area contributed by atoms with Crippen LogP contribution in [0.25, 0.3) is 0 Å². The quantitative estimate of drug-likeness (QED) is 0.929. The molecule has 0 aliphatic carbocycles. The minimum atomic E-state index is -0.324. The highest BCUT2D eigenvalue weighted by atomic mass is 19.1. The lowest BCUT2D eigenvalue weighted by atomic mass is 9.99. The van der Waals surface area contributed by atoms with Gasteiger partial charge < -0.3 is 14.8 Å². The molecule has 1 aromatic carbocycles. The van der Waals surface area contributed by atoms with Crippen molar-refractivity contribution < 1.29 is 18.7 Å². The van der Waals surface area contributed by atoms with E-state index in [1.807, 2.05) is 0 Å². The van der Waals surface area contributed by atoms with Gasteiger partial charge in [-0.25, -0.2) is 9.37 Å².